The minimum absolute atomic E-state index is 0.214. The van der Waals surface area contributed by atoms with Crippen LogP contribution in [0.5, 0.6) is 0 Å². The van der Waals surface area contributed by atoms with Crippen LogP contribution in [-0.4, -0.2) is 21.4 Å². The lowest BCUT2D eigenvalue weighted by molar-refractivity contribution is 1.03. The van der Waals surface area contributed by atoms with Crippen molar-refractivity contribution in [1.29, 1.82) is 0 Å². The number of thioether (sulfide) groups is 1. The van der Waals surface area contributed by atoms with Crippen LogP contribution in [0.1, 0.15) is 0 Å². The fraction of sp³-hybridized carbons (Fsp3) is 0.125. The minimum Gasteiger partial charge on any atom is -0.366 e. The van der Waals surface area contributed by atoms with E-state index in [1.54, 1.807) is 11.8 Å². The van der Waals surface area contributed by atoms with Crippen molar-refractivity contribution in [2.45, 2.75) is 4.90 Å². The van der Waals surface area contributed by atoms with Crippen LogP contribution in [0.3, 0.4) is 0 Å². The Hall–Kier alpha value is -1.36. The predicted octanol–water partition coefficient (Wildman–Crippen LogP) is 1.33. The van der Waals surface area contributed by atoms with Gasteiger partial charge in [-0.3, -0.25) is 0 Å². The van der Waals surface area contributed by atoms with Crippen LogP contribution < -0.4 is 5.73 Å². The largest absolute Gasteiger partial charge is 0.366 e. The van der Waals surface area contributed by atoms with Crippen molar-refractivity contribution in [3.05, 3.63) is 18.2 Å². The lowest BCUT2D eigenvalue weighted by Crippen LogP contribution is -1.97. The Balaban J connectivity index is 2.77. The normalized spacial score (nSPS) is 10.5. The zero-order valence-electron chi connectivity index (χ0n) is 7.06. The monoisotopic (exact) mass is 192 g/mol. The van der Waals surface area contributed by atoms with E-state index in [-0.39, 0.29) is 5.95 Å². The highest BCUT2D eigenvalue weighted by atomic mass is 32.2. The Morgan fingerprint density at radius 3 is 2.92 bits per heavy atom. The third-order valence-corrected chi connectivity index (χ3v) is 2.45. The molecule has 2 aromatic rings. The summed E-state index contributed by atoms with van der Waals surface area (Å²) < 4.78 is 0. The molecule has 0 aliphatic carbocycles. The Morgan fingerprint density at radius 2 is 2.15 bits per heavy atom. The summed E-state index contributed by atoms with van der Waals surface area (Å²) in [5, 5.41) is 7.71. The van der Waals surface area contributed by atoms with Gasteiger partial charge < -0.3 is 5.73 Å². The van der Waals surface area contributed by atoms with Crippen molar-refractivity contribution >= 4 is 28.7 Å². The third-order valence-electron chi connectivity index (χ3n) is 1.69. The van der Waals surface area contributed by atoms with Crippen LogP contribution in [-0.2, 0) is 0 Å². The number of anilines is 1. The number of nitrogens with two attached hydrogens (primary N) is 1. The first-order chi connectivity index (χ1) is 6.31. The molecule has 0 radical (unpaired) electrons. The van der Waals surface area contributed by atoms with Gasteiger partial charge in [-0.1, -0.05) is 6.07 Å². The molecule has 0 saturated heterocycles. The van der Waals surface area contributed by atoms with Gasteiger partial charge in [0.25, 0.3) is 0 Å². The molecule has 0 bridgehead atoms. The Morgan fingerprint density at radius 1 is 1.31 bits per heavy atom. The molecule has 2 rings (SSSR count). The SMILES string of the molecule is CSc1cccc2nc(N)nnc12. The fourth-order valence-electron chi connectivity index (χ4n) is 1.11. The van der Waals surface area contributed by atoms with Gasteiger partial charge in [0.05, 0.1) is 5.52 Å². The maximum atomic E-state index is 5.42. The zero-order valence-corrected chi connectivity index (χ0v) is 7.88. The highest BCUT2D eigenvalue weighted by Crippen LogP contribution is 2.22. The van der Waals surface area contributed by atoms with E-state index in [4.69, 9.17) is 5.73 Å². The Kier molecular flexibility index (Phi) is 2.02. The van der Waals surface area contributed by atoms with Crippen LogP contribution in [0.4, 0.5) is 5.95 Å². The van der Waals surface area contributed by atoms with Crippen molar-refractivity contribution in [3.63, 3.8) is 0 Å². The van der Waals surface area contributed by atoms with Crippen molar-refractivity contribution < 1.29 is 0 Å². The molecule has 0 spiro atoms. The molecule has 0 amide bonds. The lowest BCUT2D eigenvalue weighted by atomic mass is 10.3. The first kappa shape index (κ1) is 8.25. The standard InChI is InChI=1S/C8H8N4S/c1-13-6-4-2-3-5-7(6)11-12-8(9)10-5/h2-4H,1H3,(H2,9,10,12). The van der Waals surface area contributed by atoms with E-state index < -0.39 is 0 Å². The number of hydrogen-bond donors (Lipinski definition) is 1. The molecule has 4 nitrogen and oxygen atoms in total. The Bertz CT molecular complexity index is 443. The number of fused-ring (bicyclic) bond motifs is 1. The summed E-state index contributed by atoms with van der Waals surface area (Å²) in [4.78, 5) is 5.14. The molecule has 66 valence electrons. The van der Waals surface area contributed by atoms with E-state index in [2.05, 4.69) is 15.2 Å². The molecule has 0 aliphatic heterocycles. The van der Waals surface area contributed by atoms with E-state index in [1.807, 2.05) is 24.5 Å². The fourth-order valence-corrected chi connectivity index (χ4v) is 1.67. The predicted molar refractivity (Wildman–Crippen MR) is 53.5 cm³/mol. The maximum absolute atomic E-state index is 5.42. The molecule has 0 fully saturated rings. The summed E-state index contributed by atoms with van der Waals surface area (Å²) >= 11 is 1.62. The summed E-state index contributed by atoms with van der Waals surface area (Å²) in [5.74, 6) is 0.214. The van der Waals surface area contributed by atoms with Gasteiger partial charge in [-0.05, 0) is 18.4 Å². The van der Waals surface area contributed by atoms with Gasteiger partial charge in [-0.2, -0.15) is 0 Å². The average Bonchev–Trinajstić information content (AvgIpc) is 2.16. The number of benzene rings is 1. The summed E-state index contributed by atoms with van der Waals surface area (Å²) in [6.45, 7) is 0. The third kappa shape index (κ3) is 1.42. The number of hydrogen-bond acceptors (Lipinski definition) is 5. The van der Waals surface area contributed by atoms with E-state index >= 15 is 0 Å². The summed E-state index contributed by atoms with van der Waals surface area (Å²) in [7, 11) is 0. The number of aromatic nitrogens is 3. The van der Waals surface area contributed by atoms with Crippen LogP contribution in [0.25, 0.3) is 11.0 Å². The first-order valence-electron chi connectivity index (χ1n) is 3.74. The van der Waals surface area contributed by atoms with Crippen LogP contribution in [0.2, 0.25) is 0 Å². The van der Waals surface area contributed by atoms with Gasteiger partial charge in [-0.15, -0.1) is 22.0 Å². The van der Waals surface area contributed by atoms with Crippen molar-refractivity contribution in [3.8, 4) is 0 Å². The van der Waals surface area contributed by atoms with E-state index in [1.165, 1.54) is 0 Å². The molecule has 0 saturated carbocycles. The molecule has 0 aliphatic rings. The molecule has 1 heterocycles. The number of rotatable bonds is 1. The van der Waals surface area contributed by atoms with Gasteiger partial charge >= 0.3 is 0 Å². The van der Waals surface area contributed by atoms with Gasteiger partial charge in [0.15, 0.2) is 0 Å². The second-order valence-electron chi connectivity index (χ2n) is 2.50. The molecule has 13 heavy (non-hydrogen) atoms. The second kappa shape index (κ2) is 3.18. The Labute approximate surface area is 79.6 Å². The quantitative estimate of drug-likeness (QED) is 0.690. The summed E-state index contributed by atoms with van der Waals surface area (Å²) in [6, 6.07) is 5.79. The summed E-state index contributed by atoms with van der Waals surface area (Å²) in [6.07, 6.45) is 1.99. The minimum atomic E-state index is 0.214. The molecular weight excluding hydrogens is 184 g/mol. The van der Waals surface area contributed by atoms with Crippen molar-refractivity contribution in [1.82, 2.24) is 15.2 Å². The highest BCUT2D eigenvalue weighted by molar-refractivity contribution is 7.98. The van der Waals surface area contributed by atoms with Gasteiger partial charge in [0, 0.05) is 4.90 Å². The lowest BCUT2D eigenvalue weighted by Gasteiger charge is -2.00. The van der Waals surface area contributed by atoms with Crippen molar-refractivity contribution in [2.75, 3.05) is 12.0 Å². The molecule has 0 unspecified atom stereocenters. The van der Waals surface area contributed by atoms with Gasteiger partial charge in [-0.25, -0.2) is 4.98 Å². The molecule has 2 N–H and O–H groups in total. The topological polar surface area (TPSA) is 64.7 Å². The number of nitrogen functional groups attached to an aromatic ring is 1. The van der Waals surface area contributed by atoms with Crippen LogP contribution >= 0.6 is 11.8 Å². The summed E-state index contributed by atoms with van der Waals surface area (Å²) in [5.41, 5.74) is 7.02. The van der Waals surface area contributed by atoms with E-state index in [0.29, 0.717) is 0 Å². The van der Waals surface area contributed by atoms with Crippen LogP contribution in [0.15, 0.2) is 23.1 Å². The smallest absolute Gasteiger partial charge is 0.240 e. The second-order valence-corrected chi connectivity index (χ2v) is 3.35. The average molecular weight is 192 g/mol. The molecule has 5 heteroatoms. The molecule has 1 aromatic heterocycles. The van der Waals surface area contributed by atoms with Gasteiger partial charge in [0.2, 0.25) is 5.95 Å². The number of nitrogens with zero attached hydrogens (tertiary/aromatic N) is 3. The molecular formula is C8H8N4S. The highest BCUT2D eigenvalue weighted by Gasteiger charge is 2.02. The maximum Gasteiger partial charge on any atom is 0.240 e. The molecule has 1 aromatic carbocycles. The van der Waals surface area contributed by atoms with E-state index in [0.717, 1.165) is 15.9 Å². The van der Waals surface area contributed by atoms with Crippen molar-refractivity contribution in [2.24, 2.45) is 0 Å². The van der Waals surface area contributed by atoms with Crippen LogP contribution in [0, 0.1) is 0 Å². The van der Waals surface area contributed by atoms with E-state index in [9.17, 15) is 0 Å². The molecule has 0 atom stereocenters. The zero-order chi connectivity index (χ0) is 9.26. The van der Waals surface area contributed by atoms with Gasteiger partial charge in [0.1, 0.15) is 5.52 Å². The first-order valence-corrected chi connectivity index (χ1v) is 4.96.